The van der Waals surface area contributed by atoms with E-state index in [4.69, 9.17) is 0 Å². The second kappa shape index (κ2) is 11.2. The third-order valence-electron chi connectivity index (χ3n) is 5.23. The molecule has 0 aliphatic heterocycles. The number of alkyl halides is 3. The van der Waals surface area contributed by atoms with E-state index in [2.05, 4.69) is 25.3 Å². The summed E-state index contributed by atoms with van der Waals surface area (Å²) >= 11 is 0. The molecule has 190 valence electrons. The van der Waals surface area contributed by atoms with Crippen LogP contribution in [0.4, 0.5) is 19.0 Å². The van der Waals surface area contributed by atoms with Gasteiger partial charge in [-0.3, -0.25) is 4.98 Å². The summed E-state index contributed by atoms with van der Waals surface area (Å²) in [5.74, 6) is 1.02. The Balaban J connectivity index is 0.00000176. The molecule has 4 rings (SSSR count). The molecule has 0 saturated carbocycles. The third kappa shape index (κ3) is 5.99. The summed E-state index contributed by atoms with van der Waals surface area (Å²) in [6, 6.07) is 10.7. The number of halogens is 3. The zero-order chi connectivity index (χ0) is 26.5. The molecule has 7 nitrogen and oxygen atoms in total. The molecule has 0 saturated heterocycles. The fourth-order valence-electron chi connectivity index (χ4n) is 3.53. The topological polar surface area (TPSA) is 88.8 Å². The van der Waals surface area contributed by atoms with Gasteiger partial charge >= 0.3 is 6.18 Å². The highest BCUT2D eigenvalue weighted by molar-refractivity contribution is 5.63. The Bertz CT molecular complexity index is 1300. The molecule has 36 heavy (non-hydrogen) atoms. The van der Waals surface area contributed by atoms with Crippen molar-refractivity contribution in [2.24, 2.45) is 7.05 Å². The van der Waals surface area contributed by atoms with E-state index in [1.165, 1.54) is 17.8 Å². The first-order valence-electron chi connectivity index (χ1n) is 11.6. The molecule has 0 radical (unpaired) electrons. The molecule has 1 aromatic carbocycles. The average Bonchev–Trinajstić information content (AvgIpc) is 3.27. The number of rotatable bonds is 6. The Hall–Kier alpha value is -3.95. The number of nitrogens with one attached hydrogen (secondary N) is 1. The molecule has 0 atom stereocenters. The molecule has 0 unspecified atom stereocenters. The van der Waals surface area contributed by atoms with Gasteiger partial charge in [0.25, 0.3) is 0 Å². The van der Waals surface area contributed by atoms with Crippen LogP contribution in [-0.2, 0) is 19.8 Å². The van der Waals surface area contributed by atoms with E-state index in [1.807, 2.05) is 39.8 Å². The van der Waals surface area contributed by atoms with Crippen LogP contribution in [0.1, 0.15) is 50.6 Å². The minimum Gasteiger partial charge on any atom is -0.503 e. The lowest BCUT2D eigenvalue weighted by Gasteiger charge is -2.12. The SMILES string of the molecule is CC.CC(C)c1ncccc1-c1ncc(O)c(NCc2ccc(-c3nc(C(F)(F)F)cn3C)cc2)n1. The summed E-state index contributed by atoms with van der Waals surface area (Å²) in [4.78, 5) is 16.9. The maximum absolute atomic E-state index is 12.9. The van der Waals surface area contributed by atoms with Crippen LogP contribution in [0.15, 0.2) is 55.0 Å². The monoisotopic (exact) mass is 498 g/mol. The number of nitrogens with zero attached hydrogens (tertiary/aromatic N) is 5. The molecule has 2 N–H and O–H groups in total. The molecule has 0 amide bonds. The van der Waals surface area contributed by atoms with E-state index in [0.717, 1.165) is 23.0 Å². The Labute approximate surface area is 208 Å². The lowest BCUT2D eigenvalue weighted by Crippen LogP contribution is -2.05. The number of benzene rings is 1. The quantitative estimate of drug-likeness (QED) is 0.319. The van der Waals surface area contributed by atoms with Crippen LogP contribution in [0, 0.1) is 0 Å². The fraction of sp³-hybridized carbons (Fsp3) is 0.308. The number of hydrogen-bond donors (Lipinski definition) is 2. The van der Waals surface area contributed by atoms with Gasteiger partial charge in [-0.15, -0.1) is 0 Å². The van der Waals surface area contributed by atoms with Gasteiger partial charge in [0.2, 0.25) is 0 Å². The van der Waals surface area contributed by atoms with Crippen molar-refractivity contribution in [3.8, 4) is 28.5 Å². The Morgan fingerprint density at radius 1 is 1.03 bits per heavy atom. The van der Waals surface area contributed by atoms with Crippen molar-refractivity contribution in [3.63, 3.8) is 0 Å². The minimum atomic E-state index is -4.50. The van der Waals surface area contributed by atoms with Crippen molar-refractivity contribution >= 4 is 5.82 Å². The minimum absolute atomic E-state index is 0.0944. The predicted molar refractivity (Wildman–Crippen MR) is 133 cm³/mol. The zero-order valence-electron chi connectivity index (χ0n) is 20.8. The lowest BCUT2D eigenvalue weighted by molar-refractivity contribution is -0.140. The van der Waals surface area contributed by atoms with E-state index in [-0.39, 0.29) is 23.3 Å². The van der Waals surface area contributed by atoms with Crippen LogP contribution in [0.25, 0.3) is 22.8 Å². The normalized spacial score (nSPS) is 11.2. The van der Waals surface area contributed by atoms with Gasteiger partial charge in [0.05, 0.1) is 11.9 Å². The second-order valence-corrected chi connectivity index (χ2v) is 8.13. The first kappa shape index (κ1) is 26.7. The number of aromatic hydroxyl groups is 1. The van der Waals surface area contributed by atoms with E-state index >= 15 is 0 Å². The van der Waals surface area contributed by atoms with Crippen molar-refractivity contribution in [1.29, 1.82) is 0 Å². The largest absolute Gasteiger partial charge is 0.503 e. The Kier molecular flexibility index (Phi) is 8.29. The van der Waals surface area contributed by atoms with E-state index in [9.17, 15) is 18.3 Å². The number of anilines is 1. The molecule has 0 aliphatic carbocycles. The molecule has 0 aliphatic rings. The molecule has 0 spiro atoms. The summed E-state index contributed by atoms with van der Waals surface area (Å²) in [7, 11) is 1.52. The van der Waals surface area contributed by atoms with Gasteiger partial charge in [-0.25, -0.2) is 15.0 Å². The van der Waals surface area contributed by atoms with Gasteiger partial charge < -0.3 is 15.0 Å². The summed E-state index contributed by atoms with van der Waals surface area (Å²) in [5.41, 5.74) is 2.13. The van der Waals surface area contributed by atoms with Crippen molar-refractivity contribution < 1.29 is 18.3 Å². The number of aryl methyl sites for hydroxylation is 1. The van der Waals surface area contributed by atoms with Crippen molar-refractivity contribution in [1.82, 2.24) is 24.5 Å². The Morgan fingerprint density at radius 2 is 1.72 bits per heavy atom. The molecule has 4 aromatic rings. The van der Waals surface area contributed by atoms with E-state index < -0.39 is 11.9 Å². The first-order chi connectivity index (χ1) is 17.1. The Morgan fingerprint density at radius 3 is 2.33 bits per heavy atom. The van der Waals surface area contributed by atoms with Crippen molar-refractivity contribution in [3.05, 3.63) is 71.9 Å². The number of imidazole rings is 1. The van der Waals surface area contributed by atoms with E-state index in [1.54, 1.807) is 30.5 Å². The molecular weight excluding hydrogens is 469 g/mol. The summed E-state index contributed by atoms with van der Waals surface area (Å²) in [6.07, 6.45) is -0.474. The third-order valence-corrected chi connectivity index (χ3v) is 5.23. The van der Waals surface area contributed by atoms with Crippen LogP contribution in [0.5, 0.6) is 5.75 Å². The maximum atomic E-state index is 12.9. The zero-order valence-corrected chi connectivity index (χ0v) is 20.8. The molecule has 0 bridgehead atoms. The number of pyridine rings is 1. The highest BCUT2D eigenvalue weighted by Crippen LogP contribution is 2.31. The predicted octanol–water partition coefficient (Wildman–Crippen LogP) is 6.43. The van der Waals surface area contributed by atoms with Crippen LogP contribution in [0.3, 0.4) is 0 Å². The van der Waals surface area contributed by atoms with Crippen LogP contribution in [0.2, 0.25) is 0 Å². The van der Waals surface area contributed by atoms with Gasteiger partial charge in [-0.05, 0) is 23.6 Å². The highest BCUT2D eigenvalue weighted by atomic mass is 19.4. The number of hydrogen-bond acceptors (Lipinski definition) is 6. The molecule has 10 heteroatoms. The summed E-state index contributed by atoms with van der Waals surface area (Å²) < 4.78 is 40.2. The summed E-state index contributed by atoms with van der Waals surface area (Å²) in [5, 5.41) is 13.3. The average molecular weight is 499 g/mol. The van der Waals surface area contributed by atoms with Gasteiger partial charge in [-0.1, -0.05) is 52.0 Å². The van der Waals surface area contributed by atoms with Crippen LogP contribution in [-0.4, -0.2) is 29.6 Å². The standard InChI is InChI=1S/C24H23F3N6O.C2H6/c1-14(2)20-17(5-4-10-28-20)21-30-12-18(34)22(32-21)29-11-15-6-8-16(9-7-15)23-31-19(13-33(23)3)24(25,26)27;1-2/h4-10,12-14,34H,11H2,1-3H3,(H,29,30,32);1-2H3. The summed E-state index contributed by atoms with van der Waals surface area (Å²) in [6.45, 7) is 8.40. The lowest BCUT2D eigenvalue weighted by atomic mass is 10.0. The van der Waals surface area contributed by atoms with Crippen molar-refractivity contribution in [2.75, 3.05) is 5.32 Å². The number of aromatic nitrogens is 5. The highest BCUT2D eigenvalue weighted by Gasteiger charge is 2.34. The molecule has 0 fully saturated rings. The fourth-order valence-corrected chi connectivity index (χ4v) is 3.53. The van der Waals surface area contributed by atoms with Gasteiger partial charge in [0, 0.05) is 37.1 Å². The van der Waals surface area contributed by atoms with Crippen molar-refractivity contribution in [2.45, 2.75) is 46.3 Å². The van der Waals surface area contributed by atoms with Gasteiger partial charge in [-0.2, -0.15) is 13.2 Å². The molecule has 3 aromatic heterocycles. The molecule has 3 heterocycles. The van der Waals surface area contributed by atoms with Gasteiger partial charge in [0.15, 0.2) is 23.1 Å². The molecular formula is C26H29F3N6O. The second-order valence-electron chi connectivity index (χ2n) is 8.13. The smallest absolute Gasteiger partial charge is 0.434 e. The van der Waals surface area contributed by atoms with Crippen LogP contribution < -0.4 is 5.32 Å². The van der Waals surface area contributed by atoms with Crippen LogP contribution >= 0.6 is 0 Å². The van der Waals surface area contributed by atoms with Gasteiger partial charge in [0.1, 0.15) is 5.82 Å². The first-order valence-corrected chi connectivity index (χ1v) is 11.6. The maximum Gasteiger partial charge on any atom is 0.434 e. The van der Waals surface area contributed by atoms with E-state index in [0.29, 0.717) is 17.9 Å².